The Kier molecular flexibility index (Phi) is 5.37. The summed E-state index contributed by atoms with van der Waals surface area (Å²) < 4.78 is 26.7. The number of H-pyrrole nitrogens is 1. The van der Waals surface area contributed by atoms with Crippen molar-refractivity contribution in [1.29, 1.82) is 0 Å². The van der Waals surface area contributed by atoms with Crippen LogP contribution in [-0.2, 0) is 0 Å². The van der Waals surface area contributed by atoms with E-state index in [4.69, 9.17) is 0 Å². The minimum absolute atomic E-state index is 0.0640. The highest BCUT2D eigenvalue weighted by Gasteiger charge is 2.23. The molecule has 0 aliphatic carbocycles. The summed E-state index contributed by atoms with van der Waals surface area (Å²) in [5.41, 5.74) is 1.82. The van der Waals surface area contributed by atoms with Crippen LogP contribution >= 0.6 is 0 Å². The van der Waals surface area contributed by atoms with Crippen molar-refractivity contribution in [2.45, 2.75) is 18.9 Å². The van der Waals surface area contributed by atoms with Gasteiger partial charge in [-0.2, -0.15) is 5.10 Å². The number of pyridine rings is 1. The molecule has 29 heavy (non-hydrogen) atoms. The third-order valence-electron chi connectivity index (χ3n) is 4.82. The summed E-state index contributed by atoms with van der Waals surface area (Å²) in [4.78, 5) is 18.3. The molecule has 2 amide bonds. The zero-order valence-electron chi connectivity index (χ0n) is 15.5. The van der Waals surface area contributed by atoms with Crippen LogP contribution in [0.4, 0.5) is 25.1 Å². The van der Waals surface area contributed by atoms with E-state index in [0.29, 0.717) is 6.54 Å². The number of aromatic nitrogens is 3. The number of rotatable bonds is 4. The maximum atomic E-state index is 13.7. The summed E-state index contributed by atoms with van der Waals surface area (Å²) in [5, 5.41) is 12.7. The molecular weight excluding hydrogens is 378 g/mol. The quantitative estimate of drug-likeness (QED) is 0.628. The zero-order chi connectivity index (χ0) is 20.2. The molecule has 1 unspecified atom stereocenters. The molecule has 1 atom stereocenters. The lowest BCUT2D eigenvalue weighted by atomic mass is 10.1. The van der Waals surface area contributed by atoms with Crippen LogP contribution in [0.3, 0.4) is 0 Å². The first kappa shape index (κ1) is 18.9. The SMILES string of the molecule is O=C(Nc1ccc(F)cc1F)NC1CCCN(c2cc(-c3ccncc3)[nH]n2)C1. The van der Waals surface area contributed by atoms with E-state index in [2.05, 4.69) is 30.7 Å². The van der Waals surface area contributed by atoms with E-state index >= 15 is 0 Å². The minimum Gasteiger partial charge on any atom is -0.353 e. The second kappa shape index (κ2) is 8.26. The Morgan fingerprint density at radius 2 is 2.00 bits per heavy atom. The average molecular weight is 398 g/mol. The summed E-state index contributed by atoms with van der Waals surface area (Å²) in [6.45, 7) is 1.41. The Labute approximate surface area is 166 Å². The highest BCUT2D eigenvalue weighted by molar-refractivity contribution is 5.89. The number of urea groups is 1. The molecule has 1 fully saturated rings. The first-order chi connectivity index (χ1) is 14.1. The van der Waals surface area contributed by atoms with Gasteiger partial charge in [0, 0.05) is 49.2 Å². The van der Waals surface area contributed by atoms with Crippen LogP contribution in [0.25, 0.3) is 11.3 Å². The van der Waals surface area contributed by atoms with Crippen molar-refractivity contribution in [2.24, 2.45) is 0 Å². The van der Waals surface area contributed by atoms with Gasteiger partial charge in [0.25, 0.3) is 0 Å². The Bertz CT molecular complexity index is 994. The lowest BCUT2D eigenvalue weighted by molar-refractivity contribution is 0.246. The highest BCUT2D eigenvalue weighted by Crippen LogP contribution is 2.24. The molecule has 3 aromatic rings. The molecule has 9 heteroatoms. The first-order valence-electron chi connectivity index (χ1n) is 9.32. The van der Waals surface area contributed by atoms with E-state index in [-0.39, 0.29) is 11.7 Å². The van der Waals surface area contributed by atoms with Gasteiger partial charge in [0.1, 0.15) is 11.6 Å². The third kappa shape index (κ3) is 4.50. The van der Waals surface area contributed by atoms with Gasteiger partial charge < -0.3 is 15.5 Å². The number of aromatic amines is 1. The standard InChI is InChI=1S/C20H20F2N6O/c21-14-3-4-17(16(22)10-14)25-20(29)24-15-2-1-9-28(12-15)19-11-18(26-27-19)13-5-7-23-8-6-13/h3-8,10-11,15H,1-2,9,12H2,(H,26,27)(H2,24,25,29). The van der Waals surface area contributed by atoms with E-state index in [0.717, 1.165) is 48.6 Å². The van der Waals surface area contributed by atoms with Crippen molar-refractivity contribution in [1.82, 2.24) is 20.5 Å². The molecule has 2 aromatic heterocycles. The van der Waals surface area contributed by atoms with Crippen molar-refractivity contribution in [2.75, 3.05) is 23.3 Å². The van der Waals surface area contributed by atoms with Crippen LogP contribution in [0.2, 0.25) is 0 Å². The minimum atomic E-state index is -0.814. The fourth-order valence-electron chi connectivity index (χ4n) is 3.39. The first-order valence-corrected chi connectivity index (χ1v) is 9.32. The molecular formula is C20H20F2N6O. The molecule has 1 aliphatic heterocycles. The molecule has 1 saturated heterocycles. The van der Waals surface area contributed by atoms with Crippen LogP contribution in [0.15, 0.2) is 48.8 Å². The lowest BCUT2D eigenvalue weighted by Gasteiger charge is -2.33. The summed E-state index contributed by atoms with van der Waals surface area (Å²) in [7, 11) is 0. The second-order valence-corrected chi connectivity index (χ2v) is 6.88. The van der Waals surface area contributed by atoms with Gasteiger partial charge in [-0.05, 0) is 37.1 Å². The number of benzene rings is 1. The number of nitrogens with one attached hydrogen (secondary N) is 3. The molecule has 0 bridgehead atoms. The van der Waals surface area contributed by atoms with Crippen LogP contribution in [0, 0.1) is 11.6 Å². The van der Waals surface area contributed by atoms with E-state index in [1.165, 1.54) is 6.07 Å². The number of anilines is 2. The van der Waals surface area contributed by atoms with Crippen molar-refractivity contribution in [3.8, 4) is 11.3 Å². The fourth-order valence-corrected chi connectivity index (χ4v) is 3.39. The number of piperidine rings is 1. The molecule has 4 rings (SSSR count). The predicted octanol–water partition coefficient (Wildman–Crippen LogP) is 3.54. The van der Waals surface area contributed by atoms with Crippen LogP contribution in [0.1, 0.15) is 12.8 Å². The number of amides is 2. The molecule has 0 spiro atoms. The van der Waals surface area contributed by atoms with E-state index < -0.39 is 17.7 Å². The van der Waals surface area contributed by atoms with Gasteiger partial charge in [0.2, 0.25) is 0 Å². The highest BCUT2D eigenvalue weighted by atomic mass is 19.1. The van der Waals surface area contributed by atoms with E-state index in [1.54, 1.807) is 12.4 Å². The van der Waals surface area contributed by atoms with Crippen molar-refractivity contribution >= 4 is 17.5 Å². The van der Waals surface area contributed by atoms with Crippen LogP contribution in [0.5, 0.6) is 0 Å². The number of carbonyl (C=O) groups excluding carboxylic acids is 1. The summed E-state index contributed by atoms with van der Waals surface area (Å²) >= 11 is 0. The monoisotopic (exact) mass is 398 g/mol. The van der Waals surface area contributed by atoms with Crippen molar-refractivity contribution in [3.63, 3.8) is 0 Å². The molecule has 0 saturated carbocycles. The predicted molar refractivity (Wildman–Crippen MR) is 106 cm³/mol. The maximum Gasteiger partial charge on any atom is 0.319 e. The van der Waals surface area contributed by atoms with Gasteiger partial charge >= 0.3 is 6.03 Å². The molecule has 3 N–H and O–H groups in total. The number of halogens is 2. The van der Waals surface area contributed by atoms with Gasteiger partial charge in [-0.25, -0.2) is 13.6 Å². The Morgan fingerprint density at radius 3 is 2.79 bits per heavy atom. The van der Waals surface area contributed by atoms with E-state index in [9.17, 15) is 13.6 Å². The summed E-state index contributed by atoms with van der Waals surface area (Å²) in [6.07, 6.45) is 5.13. The molecule has 0 radical (unpaired) electrons. The molecule has 1 aliphatic rings. The molecule has 150 valence electrons. The van der Waals surface area contributed by atoms with Crippen molar-refractivity contribution in [3.05, 3.63) is 60.4 Å². The molecule has 7 nitrogen and oxygen atoms in total. The largest absolute Gasteiger partial charge is 0.353 e. The summed E-state index contributed by atoms with van der Waals surface area (Å²) in [5.74, 6) is -0.708. The summed E-state index contributed by atoms with van der Waals surface area (Å²) in [6, 6.07) is 8.14. The number of hydrogen-bond donors (Lipinski definition) is 3. The maximum absolute atomic E-state index is 13.7. The molecule has 3 heterocycles. The van der Waals surface area contributed by atoms with Gasteiger partial charge in [-0.1, -0.05) is 0 Å². The topological polar surface area (TPSA) is 85.9 Å². The van der Waals surface area contributed by atoms with Crippen LogP contribution in [-0.4, -0.2) is 40.3 Å². The number of hydrogen-bond acceptors (Lipinski definition) is 4. The Morgan fingerprint density at radius 1 is 1.17 bits per heavy atom. The average Bonchev–Trinajstić information content (AvgIpc) is 3.21. The number of carbonyl (C=O) groups is 1. The van der Waals surface area contributed by atoms with Crippen molar-refractivity contribution < 1.29 is 13.6 Å². The molecule has 1 aromatic carbocycles. The van der Waals surface area contributed by atoms with E-state index in [1.807, 2.05) is 18.2 Å². The normalized spacial score (nSPS) is 16.5. The lowest BCUT2D eigenvalue weighted by Crippen LogP contribution is -2.49. The van der Waals surface area contributed by atoms with Gasteiger partial charge in [-0.15, -0.1) is 0 Å². The Hall–Kier alpha value is -3.49. The second-order valence-electron chi connectivity index (χ2n) is 6.88. The third-order valence-corrected chi connectivity index (χ3v) is 4.82. The van der Waals surface area contributed by atoms with Crippen LogP contribution < -0.4 is 15.5 Å². The fraction of sp³-hybridized carbons (Fsp3) is 0.250. The van der Waals surface area contributed by atoms with Gasteiger partial charge in [0.05, 0.1) is 11.4 Å². The smallest absolute Gasteiger partial charge is 0.319 e. The zero-order valence-corrected chi connectivity index (χ0v) is 15.5. The van der Waals surface area contributed by atoms with Gasteiger partial charge in [0.15, 0.2) is 5.82 Å². The van der Waals surface area contributed by atoms with Gasteiger partial charge in [-0.3, -0.25) is 10.1 Å². The number of nitrogens with zero attached hydrogens (tertiary/aromatic N) is 3. The Balaban J connectivity index is 1.37.